The van der Waals surface area contributed by atoms with E-state index in [0.29, 0.717) is 0 Å². The Balaban J connectivity index is 2.24. The van der Waals surface area contributed by atoms with Crippen LogP contribution < -0.4 is 0 Å². The second kappa shape index (κ2) is 4.80. The summed E-state index contributed by atoms with van der Waals surface area (Å²) in [4.78, 5) is 0. The third-order valence-electron chi connectivity index (χ3n) is 2.59. The van der Waals surface area contributed by atoms with Gasteiger partial charge in [0.15, 0.2) is 0 Å². The molecule has 1 aromatic rings. The average molecular weight is 184 g/mol. The molecule has 1 aromatic carbocycles. The van der Waals surface area contributed by atoms with Crippen LogP contribution in [0.2, 0.25) is 0 Å². The van der Waals surface area contributed by atoms with Crippen molar-refractivity contribution in [1.82, 2.24) is 0 Å². The fourth-order valence-corrected chi connectivity index (χ4v) is 1.79. The molecule has 0 aliphatic heterocycles. The maximum absolute atomic E-state index is 2.35. The number of rotatable bonds is 1. The van der Waals surface area contributed by atoms with Crippen LogP contribution in [0.5, 0.6) is 0 Å². The van der Waals surface area contributed by atoms with Gasteiger partial charge in [-0.1, -0.05) is 48.6 Å². The van der Waals surface area contributed by atoms with Crippen molar-refractivity contribution >= 4 is 5.57 Å². The van der Waals surface area contributed by atoms with E-state index in [1.807, 2.05) is 0 Å². The maximum Gasteiger partial charge on any atom is -0.0187 e. The smallest absolute Gasteiger partial charge is 0.0187 e. The lowest BCUT2D eigenvalue weighted by Gasteiger charge is -2.05. The average Bonchev–Trinajstić information content (AvgIpc) is 2.18. The topological polar surface area (TPSA) is 0 Å². The highest BCUT2D eigenvalue weighted by molar-refractivity contribution is 5.73. The molecule has 0 saturated heterocycles. The van der Waals surface area contributed by atoms with Gasteiger partial charge in [0.05, 0.1) is 0 Å². The SMILES string of the molecule is C1=C\C(c2ccccc2)=C/CCCC/1. The molecule has 1 aliphatic carbocycles. The Morgan fingerprint density at radius 3 is 2.50 bits per heavy atom. The highest BCUT2D eigenvalue weighted by Crippen LogP contribution is 2.19. The zero-order chi connectivity index (χ0) is 9.64. The van der Waals surface area contributed by atoms with E-state index in [4.69, 9.17) is 0 Å². The molecule has 0 aromatic heterocycles. The third kappa shape index (κ3) is 2.35. The van der Waals surface area contributed by atoms with Crippen LogP contribution in [0.15, 0.2) is 48.6 Å². The quantitative estimate of drug-likeness (QED) is 0.613. The molecule has 0 nitrogen and oxygen atoms in total. The Labute approximate surface area is 86.0 Å². The Hall–Kier alpha value is -1.30. The van der Waals surface area contributed by atoms with Crippen molar-refractivity contribution in [2.24, 2.45) is 0 Å². The lowest BCUT2D eigenvalue weighted by Crippen LogP contribution is -1.84. The highest BCUT2D eigenvalue weighted by atomic mass is 14.0. The first-order valence-corrected chi connectivity index (χ1v) is 5.39. The zero-order valence-corrected chi connectivity index (χ0v) is 8.45. The second-order valence-corrected chi connectivity index (χ2v) is 3.71. The Morgan fingerprint density at radius 2 is 1.64 bits per heavy atom. The predicted octanol–water partition coefficient (Wildman–Crippen LogP) is 4.20. The Bertz CT molecular complexity index is 330. The number of hydrogen-bond acceptors (Lipinski definition) is 0. The van der Waals surface area contributed by atoms with Crippen molar-refractivity contribution < 1.29 is 0 Å². The molecule has 72 valence electrons. The van der Waals surface area contributed by atoms with Crippen LogP contribution in [0, 0.1) is 0 Å². The van der Waals surface area contributed by atoms with E-state index in [1.165, 1.54) is 36.8 Å². The van der Waals surface area contributed by atoms with Crippen molar-refractivity contribution in [3.63, 3.8) is 0 Å². The monoisotopic (exact) mass is 184 g/mol. The molecule has 0 amide bonds. The highest BCUT2D eigenvalue weighted by Gasteiger charge is 1.98. The van der Waals surface area contributed by atoms with E-state index >= 15 is 0 Å². The fourth-order valence-electron chi connectivity index (χ4n) is 1.79. The summed E-state index contributed by atoms with van der Waals surface area (Å²) >= 11 is 0. The normalized spacial score (nSPS) is 23.0. The van der Waals surface area contributed by atoms with E-state index in [1.54, 1.807) is 0 Å². The number of benzene rings is 1. The molecule has 0 bridgehead atoms. The van der Waals surface area contributed by atoms with Gasteiger partial charge in [-0.25, -0.2) is 0 Å². The van der Waals surface area contributed by atoms with Gasteiger partial charge in [-0.15, -0.1) is 0 Å². The lowest BCUT2D eigenvalue weighted by atomic mass is 10.0. The van der Waals surface area contributed by atoms with Crippen LogP contribution in [0.3, 0.4) is 0 Å². The summed E-state index contributed by atoms with van der Waals surface area (Å²) in [6.07, 6.45) is 12.0. The fraction of sp³-hybridized carbons (Fsp3) is 0.286. The van der Waals surface area contributed by atoms with Crippen LogP contribution in [0.4, 0.5) is 0 Å². The van der Waals surface area contributed by atoms with E-state index in [-0.39, 0.29) is 0 Å². The molecular formula is C14H16. The lowest BCUT2D eigenvalue weighted by molar-refractivity contribution is 0.759. The first-order valence-electron chi connectivity index (χ1n) is 5.39. The summed E-state index contributed by atoms with van der Waals surface area (Å²) in [6, 6.07) is 10.6. The van der Waals surface area contributed by atoms with Crippen molar-refractivity contribution in [1.29, 1.82) is 0 Å². The van der Waals surface area contributed by atoms with Gasteiger partial charge in [-0.05, 0) is 36.8 Å². The van der Waals surface area contributed by atoms with Gasteiger partial charge in [0.25, 0.3) is 0 Å². The van der Waals surface area contributed by atoms with E-state index < -0.39 is 0 Å². The molecule has 0 atom stereocenters. The van der Waals surface area contributed by atoms with Crippen molar-refractivity contribution in [2.75, 3.05) is 0 Å². The van der Waals surface area contributed by atoms with Crippen molar-refractivity contribution in [2.45, 2.75) is 25.7 Å². The molecule has 0 radical (unpaired) electrons. The zero-order valence-electron chi connectivity index (χ0n) is 8.45. The second-order valence-electron chi connectivity index (χ2n) is 3.71. The summed E-state index contributed by atoms with van der Waals surface area (Å²) < 4.78 is 0. The summed E-state index contributed by atoms with van der Waals surface area (Å²) in [6.45, 7) is 0. The van der Waals surface area contributed by atoms with Crippen molar-refractivity contribution in [3.8, 4) is 0 Å². The van der Waals surface area contributed by atoms with Crippen LogP contribution in [-0.2, 0) is 0 Å². The first-order chi connectivity index (χ1) is 6.97. The van der Waals surface area contributed by atoms with E-state index in [2.05, 4.69) is 48.6 Å². The minimum atomic E-state index is 1.22. The molecule has 14 heavy (non-hydrogen) atoms. The summed E-state index contributed by atoms with van der Waals surface area (Å²) in [5.41, 5.74) is 2.72. The summed E-state index contributed by atoms with van der Waals surface area (Å²) in [5.74, 6) is 0. The number of allylic oxidation sites excluding steroid dienone is 4. The molecule has 0 unspecified atom stereocenters. The summed E-state index contributed by atoms with van der Waals surface area (Å²) in [7, 11) is 0. The van der Waals surface area contributed by atoms with Gasteiger partial charge >= 0.3 is 0 Å². The maximum atomic E-state index is 2.35. The third-order valence-corrected chi connectivity index (χ3v) is 2.59. The Morgan fingerprint density at radius 1 is 0.857 bits per heavy atom. The minimum Gasteiger partial charge on any atom is -0.0839 e. The molecule has 0 saturated carbocycles. The van der Waals surface area contributed by atoms with Gasteiger partial charge in [-0.2, -0.15) is 0 Å². The Kier molecular flexibility index (Phi) is 3.18. The predicted molar refractivity (Wildman–Crippen MR) is 62.0 cm³/mol. The molecule has 0 spiro atoms. The molecule has 0 fully saturated rings. The molecule has 2 rings (SSSR count). The standard InChI is InChI=1S/C14H16/c1-2-5-9-13(10-6-3-1)14-11-7-4-8-12-14/h4-5,7-12H,1-3,6H2/b9-5-,13-10+. The first kappa shape index (κ1) is 9.26. The van der Waals surface area contributed by atoms with Crippen LogP contribution in [0.1, 0.15) is 31.2 Å². The van der Waals surface area contributed by atoms with Crippen LogP contribution >= 0.6 is 0 Å². The molecular weight excluding hydrogens is 168 g/mol. The van der Waals surface area contributed by atoms with Gasteiger partial charge in [0, 0.05) is 0 Å². The van der Waals surface area contributed by atoms with Gasteiger partial charge < -0.3 is 0 Å². The van der Waals surface area contributed by atoms with E-state index in [9.17, 15) is 0 Å². The van der Waals surface area contributed by atoms with Gasteiger partial charge in [0.2, 0.25) is 0 Å². The molecule has 1 aliphatic rings. The van der Waals surface area contributed by atoms with Crippen LogP contribution in [0.25, 0.3) is 5.57 Å². The van der Waals surface area contributed by atoms with E-state index in [0.717, 1.165) is 0 Å². The van der Waals surface area contributed by atoms with Gasteiger partial charge in [0.1, 0.15) is 0 Å². The number of hydrogen-bond donors (Lipinski definition) is 0. The minimum absolute atomic E-state index is 1.22. The molecule has 0 heteroatoms. The van der Waals surface area contributed by atoms with Crippen molar-refractivity contribution in [3.05, 3.63) is 54.1 Å². The van der Waals surface area contributed by atoms with Gasteiger partial charge in [-0.3, -0.25) is 0 Å². The summed E-state index contributed by atoms with van der Waals surface area (Å²) in [5, 5.41) is 0. The largest absolute Gasteiger partial charge is 0.0839 e. The molecule has 0 heterocycles. The molecule has 0 N–H and O–H groups in total. The van der Waals surface area contributed by atoms with Crippen LogP contribution in [-0.4, -0.2) is 0 Å².